The molecule has 0 bridgehead atoms. The fourth-order valence-corrected chi connectivity index (χ4v) is 4.37. The van der Waals surface area contributed by atoms with Crippen LogP contribution in [0.1, 0.15) is 35.7 Å². The molecule has 2 N–H and O–H groups in total. The van der Waals surface area contributed by atoms with E-state index in [1.165, 1.54) is 25.3 Å². The molecular formula is C28H26N4O7. The first-order valence-corrected chi connectivity index (χ1v) is 12.2. The van der Waals surface area contributed by atoms with E-state index < -0.39 is 34.2 Å². The number of esters is 1. The van der Waals surface area contributed by atoms with Crippen LogP contribution in [0.15, 0.2) is 75.9 Å². The van der Waals surface area contributed by atoms with E-state index in [9.17, 15) is 24.5 Å². The lowest BCUT2D eigenvalue weighted by molar-refractivity contribution is -0.384. The zero-order chi connectivity index (χ0) is 27.9. The van der Waals surface area contributed by atoms with Crippen molar-refractivity contribution in [2.75, 3.05) is 12.4 Å². The summed E-state index contributed by atoms with van der Waals surface area (Å²) in [6, 6.07) is 18.9. The lowest BCUT2D eigenvalue weighted by Crippen LogP contribution is -2.26. The van der Waals surface area contributed by atoms with E-state index in [1.54, 1.807) is 6.07 Å². The highest BCUT2D eigenvalue weighted by Crippen LogP contribution is 2.32. The Bertz CT molecular complexity index is 1560. The van der Waals surface area contributed by atoms with Gasteiger partial charge in [0.1, 0.15) is 5.69 Å². The average Bonchev–Trinajstić information content (AvgIpc) is 3.38. The quantitative estimate of drug-likeness (QED) is 0.165. The summed E-state index contributed by atoms with van der Waals surface area (Å²) in [7, 11) is 1.17. The van der Waals surface area contributed by atoms with Gasteiger partial charge in [0.25, 0.3) is 5.69 Å². The number of aromatic nitrogens is 2. The van der Waals surface area contributed by atoms with Crippen molar-refractivity contribution in [3.05, 3.63) is 98.5 Å². The van der Waals surface area contributed by atoms with Crippen molar-refractivity contribution in [2.24, 2.45) is 5.92 Å². The zero-order valence-corrected chi connectivity index (χ0v) is 21.3. The van der Waals surface area contributed by atoms with Gasteiger partial charge in [-0.15, -0.1) is 5.10 Å². The number of benzene rings is 3. The second kappa shape index (κ2) is 12.0. The van der Waals surface area contributed by atoms with Crippen LogP contribution in [0.2, 0.25) is 0 Å². The summed E-state index contributed by atoms with van der Waals surface area (Å²) in [6.07, 6.45) is 1.62. The molecule has 39 heavy (non-hydrogen) atoms. The Morgan fingerprint density at radius 1 is 1.08 bits per heavy atom. The summed E-state index contributed by atoms with van der Waals surface area (Å²) in [6.45, 7) is 1.94. The number of hydrogen-bond acceptors (Lipinski definition) is 8. The van der Waals surface area contributed by atoms with Crippen LogP contribution in [0.3, 0.4) is 0 Å². The predicted molar refractivity (Wildman–Crippen MR) is 143 cm³/mol. The minimum Gasteiger partial charge on any atom is -0.465 e. The van der Waals surface area contributed by atoms with E-state index in [-0.39, 0.29) is 17.1 Å². The van der Waals surface area contributed by atoms with Crippen molar-refractivity contribution in [2.45, 2.75) is 26.2 Å². The number of carbonyl (C=O) groups excluding carboxylic acids is 2. The SMILES string of the molecule is CCCC(Cc1ccc(-c2ccccc2-c2n[nH]c(=O)o2)cc1)C(=O)Nc1c(C(=O)OC)cccc1[N+](=O)[O-]. The largest absolute Gasteiger partial charge is 0.465 e. The van der Waals surface area contributed by atoms with Crippen LogP contribution >= 0.6 is 0 Å². The highest BCUT2D eigenvalue weighted by atomic mass is 16.6. The molecule has 3 aromatic carbocycles. The Morgan fingerprint density at radius 2 is 1.79 bits per heavy atom. The van der Waals surface area contributed by atoms with Crippen molar-refractivity contribution >= 4 is 23.3 Å². The summed E-state index contributed by atoms with van der Waals surface area (Å²) in [5, 5.41) is 20.4. The molecule has 0 spiro atoms. The van der Waals surface area contributed by atoms with Crippen molar-refractivity contribution in [3.63, 3.8) is 0 Å². The number of anilines is 1. The molecule has 200 valence electrons. The molecule has 1 unspecified atom stereocenters. The maximum absolute atomic E-state index is 13.3. The van der Waals surface area contributed by atoms with Gasteiger partial charge in [-0.25, -0.2) is 14.7 Å². The molecule has 1 amide bonds. The lowest BCUT2D eigenvalue weighted by Gasteiger charge is -2.18. The number of nitrogens with one attached hydrogen (secondary N) is 2. The number of carbonyl (C=O) groups is 2. The van der Waals surface area contributed by atoms with Gasteiger partial charge >= 0.3 is 11.7 Å². The molecule has 4 aromatic rings. The topological polar surface area (TPSA) is 157 Å². The fraction of sp³-hybridized carbons (Fsp3) is 0.214. The molecule has 4 rings (SSSR count). The predicted octanol–water partition coefficient (Wildman–Crippen LogP) is 4.99. The first kappa shape index (κ1) is 27.0. The number of aromatic amines is 1. The summed E-state index contributed by atoms with van der Waals surface area (Å²) >= 11 is 0. The Morgan fingerprint density at radius 3 is 2.41 bits per heavy atom. The molecular weight excluding hydrogens is 504 g/mol. The first-order valence-electron chi connectivity index (χ1n) is 12.2. The number of amides is 1. The molecule has 0 aliphatic heterocycles. The van der Waals surface area contributed by atoms with Crippen LogP contribution in [0, 0.1) is 16.0 Å². The second-order valence-electron chi connectivity index (χ2n) is 8.79. The van der Waals surface area contributed by atoms with E-state index in [0.29, 0.717) is 24.8 Å². The Balaban J connectivity index is 1.57. The van der Waals surface area contributed by atoms with Gasteiger partial charge in [-0.05, 0) is 41.7 Å². The average molecular weight is 531 g/mol. The van der Waals surface area contributed by atoms with Crippen molar-refractivity contribution in [1.82, 2.24) is 10.2 Å². The number of ether oxygens (including phenoxy) is 1. The number of hydrogen-bond donors (Lipinski definition) is 2. The third-order valence-corrected chi connectivity index (χ3v) is 6.24. The molecule has 0 saturated heterocycles. The van der Waals surface area contributed by atoms with Crippen molar-refractivity contribution in [3.8, 4) is 22.6 Å². The highest BCUT2D eigenvalue weighted by molar-refractivity contribution is 6.04. The normalized spacial score (nSPS) is 11.5. The molecule has 1 heterocycles. The Labute approximate surface area is 223 Å². The van der Waals surface area contributed by atoms with Gasteiger partial charge in [0.2, 0.25) is 11.8 Å². The van der Waals surface area contributed by atoms with Gasteiger partial charge in [-0.1, -0.05) is 61.9 Å². The number of nitro benzene ring substituents is 1. The smallest absolute Gasteiger partial charge is 0.434 e. The van der Waals surface area contributed by atoms with Crippen LogP contribution in [0.25, 0.3) is 22.6 Å². The summed E-state index contributed by atoms with van der Waals surface area (Å²) in [4.78, 5) is 47.9. The highest BCUT2D eigenvalue weighted by Gasteiger charge is 2.27. The molecule has 11 nitrogen and oxygen atoms in total. The standard InChI is InChI=1S/C28H26N4O7/c1-3-7-19(25(33)29-24-22(27(34)38-2)10-6-11-23(24)32(36)37)16-17-12-14-18(15-13-17)20-8-4-5-9-21(20)26-30-31-28(35)39-26/h4-6,8-15,19H,3,7,16H2,1-2H3,(H,29,33)(H,31,35). The van der Waals surface area contributed by atoms with Crippen LogP contribution in [-0.4, -0.2) is 34.1 Å². The second-order valence-corrected chi connectivity index (χ2v) is 8.79. The Hall–Kier alpha value is -5.06. The lowest BCUT2D eigenvalue weighted by atomic mass is 9.92. The van der Waals surface area contributed by atoms with Gasteiger partial charge in [-0.3, -0.25) is 14.9 Å². The van der Waals surface area contributed by atoms with Crippen LogP contribution < -0.4 is 11.1 Å². The third-order valence-electron chi connectivity index (χ3n) is 6.24. The fourth-order valence-electron chi connectivity index (χ4n) is 4.37. The van der Waals surface area contributed by atoms with Crippen molar-refractivity contribution < 1.29 is 23.7 Å². The maximum Gasteiger partial charge on any atom is 0.434 e. The summed E-state index contributed by atoms with van der Waals surface area (Å²) in [5.74, 6) is -2.18. The van der Waals surface area contributed by atoms with Crippen LogP contribution in [-0.2, 0) is 16.0 Å². The molecule has 1 atom stereocenters. The van der Waals surface area contributed by atoms with E-state index in [4.69, 9.17) is 9.15 Å². The molecule has 0 aliphatic rings. The Kier molecular flexibility index (Phi) is 8.30. The number of methoxy groups -OCH3 is 1. The van der Waals surface area contributed by atoms with Gasteiger partial charge < -0.3 is 14.5 Å². The van der Waals surface area contributed by atoms with E-state index >= 15 is 0 Å². The summed E-state index contributed by atoms with van der Waals surface area (Å²) in [5.41, 5.74) is 2.54. The minimum absolute atomic E-state index is 0.0916. The maximum atomic E-state index is 13.3. The molecule has 0 radical (unpaired) electrons. The van der Waals surface area contributed by atoms with Crippen LogP contribution in [0.5, 0.6) is 0 Å². The molecule has 0 aliphatic carbocycles. The monoisotopic (exact) mass is 530 g/mol. The van der Waals surface area contributed by atoms with E-state index in [0.717, 1.165) is 16.7 Å². The molecule has 11 heteroatoms. The number of nitro groups is 1. The number of rotatable bonds is 10. The number of H-pyrrole nitrogens is 1. The number of nitrogens with zero attached hydrogens (tertiary/aromatic N) is 2. The van der Waals surface area contributed by atoms with Gasteiger partial charge in [0, 0.05) is 17.5 Å². The molecule has 0 saturated carbocycles. The van der Waals surface area contributed by atoms with E-state index in [1.807, 2.05) is 49.4 Å². The number of para-hydroxylation sites is 1. The first-order chi connectivity index (χ1) is 18.8. The van der Waals surface area contributed by atoms with Gasteiger partial charge in [0.15, 0.2) is 0 Å². The molecule has 1 aromatic heterocycles. The minimum atomic E-state index is -0.786. The van der Waals surface area contributed by atoms with Crippen molar-refractivity contribution in [1.29, 1.82) is 0 Å². The molecule has 0 fully saturated rings. The summed E-state index contributed by atoms with van der Waals surface area (Å²) < 4.78 is 9.87. The zero-order valence-electron chi connectivity index (χ0n) is 21.3. The van der Waals surface area contributed by atoms with Crippen LogP contribution in [0.4, 0.5) is 11.4 Å². The van der Waals surface area contributed by atoms with Gasteiger partial charge in [0.05, 0.1) is 17.6 Å². The van der Waals surface area contributed by atoms with E-state index in [2.05, 4.69) is 15.5 Å². The van der Waals surface area contributed by atoms with Gasteiger partial charge in [-0.2, -0.15) is 0 Å². The third kappa shape index (κ3) is 6.09.